The Bertz CT molecular complexity index is 633. The second-order valence-corrected chi connectivity index (χ2v) is 5.96. The summed E-state index contributed by atoms with van der Waals surface area (Å²) in [6.07, 6.45) is 1.11. The molecule has 1 N–H and O–H groups in total. The molecular weight excluding hydrogens is 290 g/mol. The average Bonchev–Trinajstić information content (AvgIpc) is 3.00. The normalized spacial score (nSPS) is 15.1. The number of nitrogens with zero attached hydrogens (tertiary/aromatic N) is 2. The maximum Gasteiger partial charge on any atom is 0.232 e. The minimum absolute atomic E-state index is 0.738. The third kappa shape index (κ3) is 3.74. The quantitative estimate of drug-likeness (QED) is 0.831. The number of benzene rings is 1. The Kier molecular flexibility index (Phi) is 5.31. The summed E-state index contributed by atoms with van der Waals surface area (Å²) in [5.74, 6) is 0.883. The highest BCUT2D eigenvalue weighted by atomic mass is 16.5. The molecule has 0 radical (unpaired) electrons. The van der Waals surface area contributed by atoms with Gasteiger partial charge in [0.15, 0.2) is 0 Å². The van der Waals surface area contributed by atoms with E-state index < -0.39 is 0 Å². The molecule has 1 fully saturated rings. The van der Waals surface area contributed by atoms with Crippen LogP contribution in [-0.4, -0.2) is 38.0 Å². The lowest BCUT2D eigenvalue weighted by Gasteiger charge is -2.26. The molecule has 5 nitrogen and oxygen atoms in total. The van der Waals surface area contributed by atoms with Gasteiger partial charge in [0.05, 0.1) is 18.8 Å². The van der Waals surface area contributed by atoms with Crippen molar-refractivity contribution < 1.29 is 9.26 Å². The maximum atomic E-state index is 5.74. The van der Waals surface area contributed by atoms with Gasteiger partial charge in [-0.05, 0) is 26.0 Å². The zero-order valence-electron chi connectivity index (χ0n) is 14.0. The smallest absolute Gasteiger partial charge is 0.232 e. The van der Waals surface area contributed by atoms with Gasteiger partial charge in [-0.1, -0.05) is 35.8 Å². The molecule has 0 aliphatic carbocycles. The highest BCUT2D eigenvalue weighted by Gasteiger charge is 2.23. The van der Waals surface area contributed by atoms with Gasteiger partial charge in [-0.3, -0.25) is 0 Å². The van der Waals surface area contributed by atoms with Crippen LogP contribution in [0.25, 0.3) is 11.3 Å². The molecule has 0 saturated carbocycles. The fraction of sp³-hybridized carbons (Fsp3) is 0.500. The number of morpholine rings is 1. The number of aryl methyl sites for hydroxylation is 1. The minimum atomic E-state index is 0.738. The molecule has 5 heteroatoms. The van der Waals surface area contributed by atoms with E-state index in [2.05, 4.69) is 53.5 Å². The van der Waals surface area contributed by atoms with Gasteiger partial charge in [-0.25, -0.2) is 0 Å². The molecule has 3 rings (SSSR count). The van der Waals surface area contributed by atoms with Crippen LogP contribution in [0.3, 0.4) is 0 Å². The number of hydrogen-bond donors (Lipinski definition) is 1. The third-order valence-electron chi connectivity index (χ3n) is 4.09. The summed E-state index contributed by atoms with van der Waals surface area (Å²) in [6, 6.07) is 8.42. The monoisotopic (exact) mass is 315 g/mol. The summed E-state index contributed by atoms with van der Waals surface area (Å²) in [5.41, 5.74) is 4.43. The SMILES string of the molecule is CCCNCc1c(-c2cccc(C)c2)noc1N1CCOCC1. The van der Waals surface area contributed by atoms with Crippen molar-refractivity contribution in [1.29, 1.82) is 0 Å². The molecule has 2 heterocycles. The van der Waals surface area contributed by atoms with Crippen LogP contribution in [0, 0.1) is 6.92 Å². The van der Waals surface area contributed by atoms with Crippen LogP contribution in [-0.2, 0) is 11.3 Å². The lowest BCUT2D eigenvalue weighted by atomic mass is 10.0. The lowest BCUT2D eigenvalue weighted by molar-refractivity contribution is 0.120. The van der Waals surface area contributed by atoms with Crippen molar-refractivity contribution in [2.24, 2.45) is 0 Å². The third-order valence-corrected chi connectivity index (χ3v) is 4.09. The number of hydrogen-bond acceptors (Lipinski definition) is 5. The first kappa shape index (κ1) is 16.0. The fourth-order valence-electron chi connectivity index (χ4n) is 2.88. The summed E-state index contributed by atoms with van der Waals surface area (Å²) in [6.45, 7) is 9.21. The second kappa shape index (κ2) is 7.62. The van der Waals surface area contributed by atoms with Crippen molar-refractivity contribution in [2.45, 2.75) is 26.8 Å². The van der Waals surface area contributed by atoms with Gasteiger partial charge in [0.2, 0.25) is 5.88 Å². The van der Waals surface area contributed by atoms with E-state index in [0.717, 1.165) is 68.5 Å². The minimum Gasteiger partial charge on any atom is -0.378 e. The highest BCUT2D eigenvalue weighted by Crippen LogP contribution is 2.32. The molecule has 124 valence electrons. The largest absolute Gasteiger partial charge is 0.378 e. The van der Waals surface area contributed by atoms with Gasteiger partial charge in [0.1, 0.15) is 5.69 Å². The molecule has 0 bridgehead atoms. The van der Waals surface area contributed by atoms with Crippen molar-refractivity contribution in [3.8, 4) is 11.3 Å². The number of aromatic nitrogens is 1. The molecular formula is C18H25N3O2. The molecule has 1 aromatic carbocycles. The van der Waals surface area contributed by atoms with Crippen LogP contribution in [0.15, 0.2) is 28.8 Å². The highest BCUT2D eigenvalue weighted by molar-refractivity contribution is 5.68. The molecule has 1 aromatic heterocycles. The summed E-state index contributed by atoms with van der Waals surface area (Å²) in [7, 11) is 0. The van der Waals surface area contributed by atoms with Crippen LogP contribution in [0.5, 0.6) is 0 Å². The Labute approximate surface area is 137 Å². The van der Waals surface area contributed by atoms with E-state index in [-0.39, 0.29) is 0 Å². The standard InChI is InChI=1S/C18H25N3O2/c1-3-7-19-13-16-17(15-6-4-5-14(2)12-15)20-23-18(16)21-8-10-22-11-9-21/h4-6,12,19H,3,7-11,13H2,1-2H3. The van der Waals surface area contributed by atoms with E-state index in [1.807, 2.05) is 0 Å². The summed E-state index contributed by atoms with van der Waals surface area (Å²) < 4.78 is 11.2. The van der Waals surface area contributed by atoms with Gasteiger partial charge in [0.25, 0.3) is 0 Å². The molecule has 1 aliphatic rings. The predicted molar refractivity (Wildman–Crippen MR) is 91.7 cm³/mol. The number of ether oxygens (including phenoxy) is 1. The molecule has 0 spiro atoms. The first-order valence-electron chi connectivity index (χ1n) is 8.38. The Morgan fingerprint density at radius 3 is 2.83 bits per heavy atom. The molecule has 0 unspecified atom stereocenters. The topological polar surface area (TPSA) is 50.5 Å². The molecule has 0 amide bonds. The zero-order chi connectivity index (χ0) is 16.1. The molecule has 23 heavy (non-hydrogen) atoms. The van der Waals surface area contributed by atoms with Crippen molar-refractivity contribution >= 4 is 5.88 Å². The van der Waals surface area contributed by atoms with Gasteiger partial charge < -0.3 is 19.5 Å². The Morgan fingerprint density at radius 2 is 2.09 bits per heavy atom. The number of nitrogens with one attached hydrogen (secondary N) is 1. The summed E-state index contributed by atoms with van der Waals surface area (Å²) in [5, 5.41) is 7.87. The Hall–Kier alpha value is -1.85. The average molecular weight is 315 g/mol. The Morgan fingerprint density at radius 1 is 1.26 bits per heavy atom. The zero-order valence-corrected chi connectivity index (χ0v) is 14.0. The van der Waals surface area contributed by atoms with Crippen molar-refractivity contribution in [2.75, 3.05) is 37.7 Å². The van der Waals surface area contributed by atoms with E-state index in [1.54, 1.807) is 0 Å². The van der Waals surface area contributed by atoms with Crippen molar-refractivity contribution in [3.63, 3.8) is 0 Å². The van der Waals surface area contributed by atoms with E-state index in [0.29, 0.717) is 0 Å². The first-order valence-corrected chi connectivity index (χ1v) is 8.38. The van der Waals surface area contributed by atoms with Crippen molar-refractivity contribution in [3.05, 3.63) is 35.4 Å². The number of anilines is 1. The number of rotatable bonds is 6. The first-order chi connectivity index (χ1) is 11.3. The molecule has 1 saturated heterocycles. The van der Waals surface area contributed by atoms with Crippen LogP contribution in [0.4, 0.5) is 5.88 Å². The van der Waals surface area contributed by atoms with Gasteiger partial charge in [-0.15, -0.1) is 0 Å². The van der Waals surface area contributed by atoms with Crippen LogP contribution < -0.4 is 10.2 Å². The van der Waals surface area contributed by atoms with E-state index in [9.17, 15) is 0 Å². The maximum absolute atomic E-state index is 5.74. The van der Waals surface area contributed by atoms with Gasteiger partial charge in [0, 0.05) is 25.2 Å². The van der Waals surface area contributed by atoms with E-state index in [1.165, 1.54) is 5.56 Å². The lowest BCUT2D eigenvalue weighted by Crippen LogP contribution is -2.36. The molecule has 2 aromatic rings. The summed E-state index contributed by atoms with van der Waals surface area (Å²) >= 11 is 0. The molecule has 1 aliphatic heterocycles. The van der Waals surface area contributed by atoms with Crippen LogP contribution >= 0.6 is 0 Å². The van der Waals surface area contributed by atoms with Crippen LogP contribution in [0.2, 0.25) is 0 Å². The van der Waals surface area contributed by atoms with Gasteiger partial charge in [-0.2, -0.15) is 0 Å². The van der Waals surface area contributed by atoms with E-state index >= 15 is 0 Å². The summed E-state index contributed by atoms with van der Waals surface area (Å²) in [4.78, 5) is 2.23. The Balaban J connectivity index is 1.93. The van der Waals surface area contributed by atoms with Gasteiger partial charge >= 0.3 is 0 Å². The molecule has 0 atom stereocenters. The second-order valence-electron chi connectivity index (χ2n) is 5.96. The predicted octanol–water partition coefficient (Wildman–Crippen LogP) is 2.99. The fourth-order valence-corrected chi connectivity index (χ4v) is 2.88. The van der Waals surface area contributed by atoms with Crippen molar-refractivity contribution in [1.82, 2.24) is 10.5 Å². The van der Waals surface area contributed by atoms with Crippen LogP contribution in [0.1, 0.15) is 24.5 Å². The van der Waals surface area contributed by atoms with E-state index in [4.69, 9.17) is 9.26 Å².